The highest BCUT2D eigenvalue weighted by molar-refractivity contribution is 7.42. The van der Waals surface area contributed by atoms with Crippen LogP contribution in [-0.2, 0) is 15.0 Å². The third-order valence-corrected chi connectivity index (χ3v) is 6.92. The maximum atomic E-state index is 13.6. The van der Waals surface area contributed by atoms with Crippen LogP contribution in [0.1, 0.15) is 63.4 Å². The van der Waals surface area contributed by atoms with E-state index in [2.05, 4.69) is 4.98 Å². The van der Waals surface area contributed by atoms with Gasteiger partial charge in [-0.25, -0.2) is 9.18 Å². The molecular weight excluding hydrogens is 420 g/mol. The smallest absolute Gasteiger partial charge is 0.335 e. The average molecular weight is 447 g/mol. The molecule has 0 spiro atoms. The van der Waals surface area contributed by atoms with E-state index in [9.17, 15) is 28.9 Å². The summed E-state index contributed by atoms with van der Waals surface area (Å²) in [6, 6.07) is 7.11. The molecule has 0 fully saturated rings. The number of hydrogen-bond acceptors (Lipinski definition) is 4. The Hall–Kier alpha value is -2.52. The van der Waals surface area contributed by atoms with Crippen molar-refractivity contribution in [3.63, 3.8) is 0 Å². The number of hydrogen-bond donors (Lipinski definition) is 3. The van der Waals surface area contributed by atoms with Crippen molar-refractivity contribution in [3.8, 4) is 23.5 Å². The van der Waals surface area contributed by atoms with E-state index >= 15 is 0 Å². The van der Waals surface area contributed by atoms with Gasteiger partial charge in [-0.2, -0.15) is 0 Å². The Bertz CT molecular complexity index is 1040. The van der Waals surface area contributed by atoms with Crippen molar-refractivity contribution >= 4 is 14.0 Å². The van der Waals surface area contributed by atoms with Crippen LogP contribution in [0.2, 0.25) is 0 Å². The standard InChI is InChI=1S/C23H27FNO5P/c1-7-23(21(26)27,31(29)30)22(6,28)19-17(15-8-10-16(24)11-9-15)12-18(13(2)3)25-20(19)14(4)5/h1,8-14,28,31H,2-6H3,(H,26,27)(H,29,30). The van der Waals surface area contributed by atoms with Crippen molar-refractivity contribution in [1.29, 1.82) is 0 Å². The fourth-order valence-corrected chi connectivity index (χ4v) is 4.47. The minimum absolute atomic E-state index is 0.00969. The maximum Gasteiger partial charge on any atom is 0.335 e. The minimum atomic E-state index is -3.98. The SMILES string of the molecule is C#CC(C(=O)O)([PH](=O)O)C(C)(O)c1c(-c2ccc(F)cc2)cc(C(C)C)nc1C(C)C. The summed E-state index contributed by atoms with van der Waals surface area (Å²) in [5, 5.41) is 18.7. The molecule has 3 atom stereocenters. The summed E-state index contributed by atoms with van der Waals surface area (Å²) in [6.45, 7) is 8.58. The highest BCUT2D eigenvalue weighted by atomic mass is 31.1. The van der Waals surface area contributed by atoms with Crippen LogP contribution >= 0.6 is 8.03 Å². The Morgan fingerprint density at radius 1 is 1.19 bits per heavy atom. The van der Waals surface area contributed by atoms with Gasteiger partial charge in [-0.15, -0.1) is 6.42 Å². The van der Waals surface area contributed by atoms with E-state index in [1.807, 2.05) is 19.8 Å². The number of carboxylic acids is 1. The molecule has 3 unspecified atom stereocenters. The van der Waals surface area contributed by atoms with E-state index in [4.69, 9.17) is 6.42 Å². The molecule has 0 aliphatic carbocycles. The van der Waals surface area contributed by atoms with Gasteiger partial charge in [0.15, 0.2) is 0 Å². The van der Waals surface area contributed by atoms with Crippen molar-refractivity contribution in [2.75, 3.05) is 0 Å². The lowest BCUT2D eigenvalue weighted by atomic mass is 9.76. The summed E-state index contributed by atoms with van der Waals surface area (Å²) < 4.78 is 25.9. The molecule has 2 rings (SSSR count). The second-order valence-corrected chi connectivity index (χ2v) is 9.61. The second-order valence-electron chi connectivity index (χ2n) is 8.25. The Kier molecular flexibility index (Phi) is 7.12. The zero-order valence-electron chi connectivity index (χ0n) is 18.1. The lowest BCUT2D eigenvalue weighted by Crippen LogP contribution is -2.53. The van der Waals surface area contributed by atoms with Gasteiger partial charge >= 0.3 is 5.97 Å². The van der Waals surface area contributed by atoms with Crippen LogP contribution in [0.5, 0.6) is 0 Å². The Morgan fingerprint density at radius 2 is 1.74 bits per heavy atom. The molecule has 1 aromatic heterocycles. The van der Waals surface area contributed by atoms with Crippen LogP contribution in [0.3, 0.4) is 0 Å². The molecule has 0 saturated heterocycles. The Balaban J connectivity index is 3.09. The van der Waals surface area contributed by atoms with E-state index in [0.29, 0.717) is 22.5 Å². The molecule has 2 aromatic rings. The average Bonchev–Trinajstić information content (AvgIpc) is 2.67. The molecule has 6 nitrogen and oxygen atoms in total. The maximum absolute atomic E-state index is 13.6. The summed E-state index contributed by atoms with van der Waals surface area (Å²) in [5.74, 6) is -0.669. The fraction of sp³-hybridized carbons (Fsp3) is 0.391. The van der Waals surface area contributed by atoms with E-state index in [0.717, 1.165) is 6.92 Å². The number of pyridine rings is 1. The third kappa shape index (κ3) is 4.16. The molecule has 1 heterocycles. The summed E-state index contributed by atoms with van der Waals surface area (Å²) in [4.78, 5) is 26.8. The number of carbonyl (C=O) groups is 1. The van der Waals surface area contributed by atoms with Gasteiger partial charge in [-0.05, 0) is 48.1 Å². The Labute approximate surface area is 182 Å². The number of aliphatic carboxylic acids is 1. The van der Waals surface area contributed by atoms with Crippen LogP contribution < -0.4 is 0 Å². The quantitative estimate of drug-likeness (QED) is 0.432. The summed E-state index contributed by atoms with van der Waals surface area (Å²) in [5.41, 5.74) is -0.565. The summed E-state index contributed by atoms with van der Waals surface area (Å²) in [7, 11) is -3.98. The molecule has 0 aliphatic rings. The van der Waals surface area contributed by atoms with Crippen molar-refractivity contribution in [1.82, 2.24) is 4.98 Å². The number of nitrogens with zero attached hydrogens (tertiary/aromatic N) is 1. The van der Waals surface area contributed by atoms with Gasteiger partial charge in [0.1, 0.15) is 11.4 Å². The van der Waals surface area contributed by atoms with Crippen LogP contribution in [0, 0.1) is 18.2 Å². The second kappa shape index (κ2) is 8.92. The number of carboxylic acid groups (broad SMARTS) is 1. The number of halogens is 1. The van der Waals surface area contributed by atoms with E-state index in [-0.39, 0.29) is 17.4 Å². The molecule has 0 aliphatic heterocycles. The highest BCUT2D eigenvalue weighted by Gasteiger charge is 2.59. The van der Waals surface area contributed by atoms with Gasteiger partial charge in [0.25, 0.3) is 0 Å². The molecule has 31 heavy (non-hydrogen) atoms. The van der Waals surface area contributed by atoms with Gasteiger partial charge < -0.3 is 15.1 Å². The van der Waals surface area contributed by atoms with Gasteiger partial charge in [-0.3, -0.25) is 9.55 Å². The first-order valence-electron chi connectivity index (χ1n) is 9.79. The zero-order chi connectivity index (χ0) is 23.7. The molecular formula is C23H27FNO5P. The number of terminal acetylenes is 1. The first-order chi connectivity index (χ1) is 14.3. The molecule has 0 bridgehead atoms. The van der Waals surface area contributed by atoms with Crippen molar-refractivity contribution in [2.45, 2.75) is 57.2 Å². The normalized spacial score (nSPS) is 16.4. The van der Waals surface area contributed by atoms with Gasteiger partial charge in [0.05, 0.1) is 0 Å². The zero-order valence-corrected chi connectivity index (χ0v) is 19.1. The summed E-state index contributed by atoms with van der Waals surface area (Å²) in [6.07, 6.45) is 5.45. The molecule has 166 valence electrons. The van der Waals surface area contributed by atoms with E-state index < -0.39 is 30.6 Å². The molecule has 0 amide bonds. The number of benzene rings is 1. The molecule has 0 saturated carbocycles. The first kappa shape index (κ1) is 24.7. The Morgan fingerprint density at radius 3 is 2.13 bits per heavy atom. The topological polar surface area (TPSA) is 108 Å². The molecule has 3 N–H and O–H groups in total. The fourth-order valence-electron chi connectivity index (χ4n) is 3.63. The minimum Gasteiger partial charge on any atom is -0.480 e. The highest BCUT2D eigenvalue weighted by Crippen LogP contribution is 2.52. The van der Waals surface area contributed by atoms with Crippen LogP contribution in [0.15, 0.2) is 30.3 Å². The van der Waals surface area contributed by atoms with Gasteiger partial charge in [-0.1, -0.05) is 45.7 Å². The number of aromatic nitrogens is 1. The summed E-state index contributed by atoms with van der Waals surface area (Å²) >= 11 is 0. The van der Waals surface area contributed by atoms with Crippen molar-refractivity contribution in [3.05, 3.63) is 53.1 Å². The molecule has 1 aromatic carbocycles. The number of aliphatic hydroxyl groups is 1. The monoisotopic (exact) mass is 447 g/mol. The lowest BCUT2D eigenvalue weighted by Gasteiger charge is -2.39. The third-order valence-electron chi connectivity index (χ3n) is 5.44. The van der Waals surface area contributed by atoms with E-state index in [1.54, 1.807) is 19.9 Å². The lowest BCUT2D eigenvalue weighted by molar-refractivity contribution is -0.145. The first-order valence-corrected chi connectivity index (χ1v) is 11.1. The largest absolute Gasteiger partial charge is 0.480 e. The molecule has 0 radical (unpaired) electrons. The van der Waals surface area contributed by atoms with Crippen molar-refractivity contribution in [2.24, 2.45) is 0 Å². The number of rotatable bonds is 7. The van der Waals surface area contributed by atoms with E-state index in [1.165, 1.54) is 24.3 Å². The predicted octanol–water partition coefficient (Wildman–Crippen LogP) is 4.27. The van der Waals surface area contributed by atoms with Crippen LogP contribution in [0.25, 0.3) is 11.1 Å². The van der Waals surface area contributed by atoms with Crippen LogP contribution in [-0.4, -0.2) is 31.2 Å². The molecule has 8 heteroatoms. The van der Waals surface area contributed by atoms with Gasteiger partial charge in [0, 0.05) is 17.0 Å². The predicted molar refractivity (Wildman–Crippen MR) is 118 cm³/mol. The van der Waals surface area contributed by atoms with Crippen molar-refractivity contribution < 1.29 is 28.9 Å². The van der Waals surface area contributed by atoms with Gasteiger partial charge in [0.2, 0.25) is 13.2 Å². The van der Waals surface area contributed by atoms with Crippen LogP contribution in [0.4, 0.5) is 4.39 Å².